The Morgan fingerprint density at radius 2 is 1.68 bits per heavy atom. The summed E-state index contributed by atoms with van der Waals surface area (Å²) in [5.74, 6) is 1.03. The van der Waals surface area contributed by atoms with Gasteiger partial charge in [0.05, 0.1) is 10.0 Å². The molecule has 0 aliphatic carbocycles. The van der Waals surface area contributed by atoms with Gasteiger partial charge in [-0.15, -0.1) is 0 Å². The molecule has 3 rings (SSSR count). The van der Waals surface area contributed by atoms with E-state index in [0.717, 1.165) is 17.8 Å². The van der Waals surface area contributed by atoms with Crippen LogP contribution < -0.4 is 16.4 Å². The largest absolute Gasteiger partial charge is 0.393 e. The lowest BCUT2D eigenvalue weighted by atomic mass is 10.1. The number of nitrogens with two attached hydrogens (primary N) is 1. The van der Waals surface area contributed by atoms with Crippen molar-refractivity contribution in [3.63, 3.8) is 0 Å². The van der Waals surface area contributed by atoms with E-state index in [2.05, 4.69) is 33.6 Å². The van der Waals surface area contributed by atoms with Crippen molar-refractivity contribution < 1.29 is 0 Å². The first kappa shape index (κ1) is 17.3. The van der Waals surface area contributed by atoms with Gasteiger partial charge in [0.1, 0.15) is 12.0 Å². The van der Waals surface area contributed by atoms with Crippen molar-refractivity contribution in [1.29, 1.82) is 0 Å². The van der Waals surface area contributed by atoms with Gasteiger partial charge in [-0.2, -0.15) is 0 Å². The summed E-state index contributed by atoms with van der Waals surface area (Å²) in [6.45, 7) is 2.10. The van der Waals surface area contributed by atoms with Crippen LogP contribution in [0.15, 0.2) is 48.8 Å². The number of halogens is 2. The Morgan fingerprint density at radius 1 is 0.960 bits per heavy atom. The van der Waals surface area contributed by atoms with E-state index in [0.29, 0.717) is 27.4 Å². The molecule has 0 radical (unpaired) electrons. The predicted octanol–water partition coefficient (Wildman–Crippen LogP) is 5.42. The van der Waals surface area contributed by atoms with Crippen LogP contribution in [0.25, 0.3) is 0 Å². The van der Waals surface area contributed by atoms with Crippen molar-refractivity contribution >= 4 is 51.9 Å². The zero-order valence-corrected chi connectivity index (χ0v) is 15.1. The van der Waals surface area contributed by atoms with Gasteiger partial charge in [0.25, 0.3) is 0 Å². The lowest BCUT2D eigenvalue weighted by Crippen LogP contribution is -2.06. The van der Waals surface area contributed by atoms with Crippen LogP contribution in [0.5, 0.6) is 0 Å². The van der Waals surface area contributed by atoms with Gasteiger partial charge in [0.15, 0.2) is 11.6 Å². The SMILES string of the molecule is CCc1ccccc1Nc1ncnc(Nc2ccc(Cl)c(Cl)c2)c1N. The third kappa shape index (κ3) is 3.95. The molecule has 3 aromatic rings. The van der Waals surface area contributed by atoms with Crippen molar-refractivity contribution in [2.45, 2.75) is 13.3 Å². The second kappa shape index (κ2) is 7.59. The van der Waals surface area contributed by atoms with Crippen molar-refractivity contribution in [2.24, 2.45) is 0 Å². The molecule has 0 aliphatic heterocycles. The Kier molecular flexibility index (Phi) is 5.26. The molecule has 128 valence electrons. The van der Waals surface area contributed by atoms with Gasteiger partial charge >= 0.3 is 0 Å². The molecular formula is C18H17Cl2N5. The number of benzene rings is 2. The van der Waals surface area contributed by atoms with Crippen LogP contribution in [-0.2, 0) is 6.42 Å². The molecular weight excluding hydrogens is 357 g/mol. The molecule has 2 aromatic carbocycles. The zero-order valence-electron chi connectivity index (χ0n) is 13.6. The van der Waals surface area contributed by atoms with E-state index in [9.17, 15) is 0 Å². The van der Waals surface area contributed by atoms with Crippen molar-refractivity contribution in [2.75, 3.05) is 16.4 Å². The highest BCUT2D eigenvalue weighted by Crippen LogP contribution is 2.31. The predicted molar refractivity (Wildman–Crippen MR) is 105 cm³/mol. The van der Waals surface area contributed by atoms with Crippen LogP contribution in [0.3, 0.4) is 0 Å². The topological polar surface area (TPSA) is 75.9 Å². The van der Waals surface area contributed by atoms with E-state index in [4.69, 9.17) is 28.9 Å². The first-order valence-corrected chi connectivity index (χ1v) is 8.51. The highest BCUT2D eigenvalue weighted by Gasteiger charge is 2.10. The van der Waals surface area contributed by atoms with E-state index >= 15 is 0 Å². The number of rotatable bonds is 5. The minimum absolute atomic E-state index is 0.416. The summed E-state index contributed by atoms with van der Waals surface area (Å²) in [4.78, 5) is 8.46. The van der Waals surface area contributed by atoms with E-state index in [1.54, 1.807) is 18.2 Å². The Bertz CT molecular complexity index is 898. The van der Waals surface area contributed by atoms with Gasteiger partial charge in [-0.1, -0.05) is 48.3 Å². The monoisotopic (exact) mass is 373 g/mol. The number of para-hydroxylation sites is 1. The van der Waals surface area contributed by atoms with Crippen LogP contribution in [0.4, 0.5) is 28.7 Å². The molecule has 0 aliphatic rings. The molecule has 0 amide bonds. The fraction of sp³-hybridized carbons (Fsp3) is 0.111. The van der Waals surface area contributed by atoms with Crippen LogP contribution >= 0.6 is 23.2 Å². The molecule has 1 aromatic heterocycles. The Morgan fingerprint density at radius 3 is 2.40 bits per heavy atom. The highest BCUT2D eigenvalue weighted by atomic mass is 35.5. The lowest BCUT2D eigenvalue weighted by molar-refractivity contribution is 1.13. The number of aromatic nitrogens is 2. The second-order valence-corrected chi connectivity index (χ2v) is 6.19. The van der Waals surface area contributed by atoms with Crippen molar-refractivity contribution in [3.05, 3.63) is 64.4 Å². The average molecular weight is 374 g/mol. The zero-order chi connectivity index (χ0) is 17.8. The third-order valence-corrected chi connectivity index (χ3v) is 4.46. The normalized spacial score (nSPS) is 10.5. The molecule has 7 heteroatoms. The maximum atomic E-state index is 6.23. The van der Waals surface area contributed by atoms with E-state index < -0.39 is 0 Å². The van der Waals surface area contributed by atoms with Gasteiger partial charge in [-0.05, 0) is 36.2 Å². The fourth-order valence-electron chi connectivity index (χ4n) is 2.38. The lowest BCUT2D eigenvalue weighted by Gasteiger charge is -2.14. The number of nitrogen functional groups attached to an aromatic ring is 1. The van der Waals surface area contributed by atoms with E-state index in [1.807, 2.05) is 18.2 Å². The van der Waals surface area contributed by atoms with Crippen LogP contribution in [-0.4, -0.2) is 9.97 Å². The van der Waals surface area contributed by atoms with Gasteiger partial charge < -0.3 is 16.4 Å². The Labute approximate surface area is 156 Å². The molecule has 0 saturated carbocycles. The third-order valence-electron chi connectivity index (χ3n) is 3.72. The Hall–Kier alpha value is -2.50. The summed E-state index contributed by atoms with van der Waals surface area (Å²) in [6, 6.07) is 13.2. The summed E-state index contributed by atoms with van der Waals surface area (Å²) >= 11 is 12.0. The van der Waals surface area contributed by atoms with Gasteiger partial charge in [-0.3, -0.25) is 0 Å². The molecule has 0 fully saturated rings. The van der Waals surface area contributed by atoms with Crippen molar-refractivity contribution in [3.8, 4) is 0 Å². The standard InChI is InChI=1S/C18H17Cl2N5/c1-2-11-5-3-4-6-15(11)25-18-16(21)17(22-10-23-18)24-12-7-8-13(19)14(20)9-12/h3-10H,2,21H2,1H3,(H2,22,23,24,25). The Balaban J connectivity index is 1.88. The molecule has 5 nitrogen and oxygen atoms in total. The van der Waals surface area contributed by atoms with E-state index in [-0.39, 0.29) is 0 Å². The van der Waals surface area contributed by atoms with Crippen LogP contribution in [0.2, 0.25) is 10.0 Å². The number of hydrogen-bond acceptors (Lipinski definition) is 5. The second-order valence-electron chi connectivity index (χ2n) is 5.37. The number of nitrogens with zero attached hydrogens (tertiary/aromatic N) is 2. The maximum Gasteiger partial charge on any atom is 0.159 e. The van der Waals surface area contributed by atoms with Crippen molar-refractivity contribution in [1.82, 2.24) is 9.97 Å². The summed E-state index contributed by atoms with van der Waals surface area (Å²) in [5, 5.41) is 7.35. The summed E-state index contributed by atoms with van der Waals surface area (Å²) in [5.41, 5.74) is 9.53. The number of nitrogens with one attached hydrogen (secondary N) is 2. The van der Waals surface area contributed by atoms with E-state index in [1.165, 1.54) is 11.9 Å². The smallest absolute Gasteiger partial charge is 0.159 e. The number of aryl methyl sites for hydroxylation is 1. The quantitative estimate of drug-likeness (QED) is 0.556. The fourth-order valence-corrected chi connectivity index (χ4v) is 2.68. The highest BCUT2D eigenvalue weighted by molar-refractivity contribution is 6.42. The molecule has 4 N–H and O–H groups in total. The first-order chi connectivity index (χ1) is 12.1. The molecule has 0 atom stereocenters. The van der Waals surface area contributed by atoms with Gasteiger partial charge in [0, 0.05) is 11.4 Å². The molecule has 0 spiro atoms. The molecule has 0 bridgehead atoms. The minimum atomic E-state index is 0.416. The minimum Gasteiger partial charge on any atom is -0.393 e. The van der Waals surface area contributed by atoms with Gasteiger partial charge in [-0.25, -0.2) is 9.97 Å². The first-order valence-electron chi connectivity index (χ1n) is 7.76. The van der Waals surface area contributed by atoms with Crippen LogP contribution in [0, 0.1) is 0 Å². The average Bonchev–Trinajstić information content (AvgIpc) is 2.62. The molecule has 0 saturated heterocycles. The number of hydrogen-bond donors (Lipinski definition) is 3. The summed E-state index contributed by atoms with van der Waals surface area (Å²) in [6.07, 6.45) is 2.36. The maximum absolute atomic E-state index is 6.23. The summed E-state index contributed by atoms with van der Waals surface area (Å²) < 4.78 is 0. The van der Waals surface area contributed by atoms with Crippen LogP contribution in [0.1, 0.15) is 12.5 Å². The van der Waals surface area contributed by atoms with Gasteiger partial charge in [0.2, 0.25) is 0 Å². The molecule has 1 heterocycles. The molecule has 0 unspecified atom stereocenters. The summed E-state index contributed by atoms with van der Waals surface area (Å²) in [7, 11) is 0. The number of anilines is 5. The molecule has 25 heavy (non-hydrogen) atoms.